The maximum atomic E-state index is 9.39. The van der Waals surface area contributed by atoms with Crippen molar-refractivity contribution in [2.45, 2.75) is 20.8 Å². The fourth-order valence-electron chi connectivity index (χ4n) is 6.09. The Bertz CT molecular complexity index is 2010. The highest BCUT2D eigenvalue weighted by molar-refractivity contribution is 6.18. The van der Waals surface area contributed by atoms with Crippen LogP contribution in [-0.2, 0) is 0 Å². The summed E-state index contributed by atoms with van der Waals surface area (Å²) in [6, 6.07) is 31.8. The topological polar surface area (TPSA) is 47.5 Å². The third-order valence-electron chi connectivity index (χ3n) is 7.55. The molecule has 38 heavy (non-hydrogen) atoms. The van der Waals surface area contributed by atoms with Crippen LogP contribution in [0.5, 0.6) is 5.75 Å². The van der Waals surface area contributed by atoms with E-state index in [1.807, 2.05) is 30.3 Å². The van der Waals surface area contributed by atoms with Crippen molar-refractivity contribution in [2.24, 2.45) is 0 Å². The number of fused-ring (bicyclic) bond motifs is 6. The average Bonchev–Trinajstić information content (AvgIpc) is 3.43. The summed E-state index contributed by atoms with van der Waals surface area (Å²) in [7, 11) is -0.360. The van der Waals surface area contributed by atoms with Crippen LogP contribution in [0, 0.1) is 20.8 Å². The van der Waals surface area contributed by atoms with E-state index >= 15 is 0 Å². The number of para-hydroxylation sites is 1. The highest BCUT2D eigenvalue weighted by Crippen LogP contribution is 2.39. The summed E-state index contributed by atoms with van der Waals surface area (Å²) in [5, 5.41) is 13.8. The van der Waals surface area contributed by atoms with Gasteiger partial charge < -0.3 is 18.7 Å². The lowest BCUT2D eigenvalue weighted by Gasteiger charge is -2.13. The van der Waals surface area contributed by atoms with Crippen molar-refractivity contribution in [3.63, 3.8) is 0 Å². The van der Waals surface area contributed by atoms with E-state index in [0.717, 1.165) is 49.4 Å². The van der Waals surface area contributed by atoms with Gasteiger partial charge in [-0.05, 0) is 97.6 Å². The van der Waals surface area contributed by atoms with Gasteiger partial charge in [0, 0.05) is 27.2 Å². The van der Waals surface area contributed by atoms with E-state index in [1.54, 1.807) is 0 Å². The van der Waals surface area contributed by atoms with E-state index in [1.165, 1.54) is 27.8 Å². The second kappa shape index (κ2) is 8.54. The van der Waals surface area contributed by atoms with Crippen LogP contribution in [0.3, 0.4) is 0 Å². The quantitative estimate of drug-likeness (QED) is 0.253. The molecule has 7 rings (SSSR count). The third kappa shape index (κ3) is 3.43. The average molecular weight is 495 g/mol. The number of furan rings is 1. The molecule has 0 aliphatic rings. The summed E-state index contributed by atoms with van der Waals surface area (Å²) in [5.41, 5.74) is 11.3. The van der Waals surface area contributed by atoms with E-state index in [4.69, 9.17) is 9.07 Å². The molecule has 0 amide bonds. The predicted octanol–water partition coefficient (Wildman–Crippen LogP) is 7.91. The first-order valence-corrected chi connectivity index (χ1v) is 12.8. The summed E-state index contributed by atoms with van der Waals surface area (Å²) >= 11 is 0. The lowest BCUT2D eigenvalue weighted by molar-refractivity contribution is 0.454. The molecule has 184 valence electrons. The first-order valence-electron chi connectivity index (χ1n) is 12.8. The number of hydrogen-bond donors (Lipinski definition) is 1. The zero-order chi connectivity index (χ0) is 26.0. The van der Waals surface area contributed by atoms with Gasteiger partial charge in [0.25, 0.3) is 0 Å². The van der Waals surface area contributed by atoms with Crippen molar-refractivity contribution in [2.75, 3.05) is 0 Å². The van der Waals surface area contributed by atoms with Crippen molar-refractivity contribution in [1.29, 1.82) is 0 Å². The molecule has 2 heterocycles. The zero-order valence-corrected chi connectivity index (χ0v) is 21.6. The number of hydrogen-bond acceptors (Lipinski definition) is 3. The van der Waals surface area contributed by atoms with Gasteiger partial charge in [-0.25, -0.2) is 0 Å². The zero-order valence-electron chi connectivity index (χ0n) is 21.6. The molecule has 2 aromatic heterocycles. The standard InChI is InChI=1S/C33H26BNO3/c1-19-14-20(2)33(21(3)15-19)22-8-11-29-26(16-22)27-18-24(38-34-36)10-12-30(27)35(29)23-9-13-32-28(17-23)25-6-4-5-7-31(25)37-32/h4-18,34,36H,1-3H3. The third-order valence-corrected chi connectivity index (χ3v) is 7.55. The van der Waals surface area contributed by atoms with Crippen LogP contribution in [-0.4, -0.2) is 17.3 Å². The summed E-state index contributed by atoms with van der Waals surface area (Å²) in [5.74, 6) is 0.642. The van der Waals surface area contributed by atoms with Crippen LogP contribution < -0.4 is 4.65 Å². The largest absolute Gasteiger partial charge is 0.539 e. The maximum Gasteiger partial charge on any atom is 0.504 e. The van der Waals surface area contributed by atoms with Crippen molar-refractivity contribution >= 4 is 51.4 Å². The maximum absolute atomic E-state index is 9.39. The SMILES string of the molecule is Cc1cc(C)c(-c2ccc3c(c2)c2cc(OBO)ccc2n3-c2ccc3oc4ccccc4c3c2)c(C)c1. The number of nitrogens with zero attached hydrogens (tertiary/aromatic N) is 1. The summed E-state index contributed by atoms with van der Waals surface area (Å²) in [6.45, 7) is 6.50. The molecule has 7 aromatic rings. The van der Waals surface area contributed by atoms with Crippen LogP contribution >= 0.6 is 0 Å². The Hall–Kier alpha value is -4.48. The minimum absolute atomic E-state index is 0.360. The molecular formula is C33H26BNO3. The van der Waals surface area contributed by atoms with Crippen LogP contribution in [0.4, 0.5) is 0 Å². The molecule has 0 saturated carbocycles. The lowest BCUT2D eigenvalue weighted by Crippen LogP contribution is -1.99. The van der Waals surface area contributed by atoms with Crippen molar-refractivity contribution in [1.82, 2.24) is 4.57 Å². The minimum Gasteiger partial charge on any atom is -0.539 e. The van der Waals surface area contributed by atoms with E-state index in [9.17, 15) is 5.02 Å². The molecule has 0 spiro atoms. The Kier molecular flexibility index (Phi) is 5.10. The van der Waals surface area contributed by atoms with Crippen molar-refractivity contribution in [3.8, 4) is 22.6 Å². The minimum atomic E-state index is -0.360. The lowest BCUT2D eigenvalue weighted by atomic mass is 9.93. The van der Waals surface area contributed by atoms with E-state index in [2.05, 4.69) is 86.0 Å². The highest BCUT2D eigenvalue weighted by atomic mass is 16.5. The molecule has 5 aromatic carbocycles. The molecule has 0 aliphatic heterocycles. The Balaban J connectivity index is 1.52. The van der Waals surface area contributed by atoms with Gasteiger partial charge in [0.15, 0.2) is 0 Å². The summed E-state index contributed by atoms with van der Waals surface area (Å²) in [6.07, 6.45) is 0. The van der Waals surface area contributed by atoms with Gasteiger partial charge in [0.1, 0.15) is 16.9 Å². The van der Waals surface area contributed by atoms with Gasteiger partial charge in [-0.3, -0.25) is 0 Å². The van der Waals surface area contributed by atoms with Crippen LogP contribution in [0.15, 0.2) is 95.4 Å². The molecule has 1 N–H and O–H groups in total. The molecule has 0 aliphatic carbocycles. The smallest absolute Gasteiger partial charge is 0.504 e. The van der Waals surface area contributed by atoms with Gasteiger partial charge in [-0.15, -0.1) is 0 Å². The first kappa shape index (κ1) is 22.7. The van der Waals surface area contributed by atoms with Gasteiger partial charge >= 0.3 is 7.69 Å². The molecule has 0 radical (unpaired) electrons. The number of benzene rings is 5. The van der Waals surface area contributed by atoms with Crippen molar-refractivity contribution < 1.29 is 14.1 Å². The monoisotopic (exact) mass is 495 g/mol. The molecule has 0 bridgehead atoms. The van der Waals surface area contributed by atoms with Gasteiger partial charge in [-0.2, -0.15) is 0 Å². The van der Waals surface area contributed by atoms with Crippen LogP contribution in [0.1, 0.15) is 16.7 Å². The molecular weight excluding hydrogens is 469 g/mol. The molecule has 0 unspecified atom stereocenters. The van der Waals surface area contributed by atoms with Gasteiger partial charge in [0.2, 0.25) is 0 Å². The first-order chi connectivity index (χ1) is 18.5. The Morgan fingerprint density at radius 1 is 0.684 bits per heavy atom. The van der Waals surface area contributed by atoms with Crippen molar-refractivity contribution in [3.05, 3.63) is 108 Å². The normalized spacial score (nSPS) is 11.7. The second-order valence-electron chi connectivity index (χ2n) is 10.1. The van der Waals surface area contributed by atoms with Crippen LogP contribution in [0.25, 0.3) is 60.6 Å². The molecule has 4 nitrogen and oxygen atoms in total. The summed E-state index contributed by atoms with van der Waals surface area (Å²) < 4.78 is 13.9. The number of aryl methyl sites for hydroxylation is 3. The Morgan fingerprint density at radius 3 is 2.18 bits per heavy atom. The molecule has 0 saturated heterocycles. The number of rotatable bonds is 4. The molecule has 5 heteroatoms. The Morgan fingerprint density at radius 2 is 1.39 bits per heavy atom. The fourth-order valence-corrected chi connectivity index (χ4v) is 6.09. The fraction of sp³-hybridized carbons (Fsp3) is 0.0909. The van der Waals surface area contributed by atoms with E-state index in [0.29, 0.717) is 5.75 Å². The van der Waals surface area contributed by atoms with Crippen LogP contribution in [0.2, 0.25) is 0 Å². The van der Waals surface area contributed by atoms with Gasteiger partial charge in [-0.1, -0.05) is 42.0 Å². The van der Waals surface area contributed by atoms with E-state index in [-0.39, 0.29) is 7.69 Å². The second-order valence-corrected chi connectivity index (χ2v) is 10.1. The highest BCUT2D eigenvalue weighted by Gasteiger charge is 2.17. The predicted molar refractivity (Wildman–Crippen MR) is 158 cm³/mol. The Labute approximate surface area is 221 Å². The number of aromatic nitrogens is 1. The van der Waals surface area contributed by atoms with Gasteiger partial charge in [0.05, 0.1) is 11.0 Å². The summed E-state index contributed by atoms with van der Waals surface area (Å²) in [4.78, 5) is 0. The van der Waals surface area contributed by atoms with E-state index < -0.39 is 0 Å². The molecule has 0 atom stereocenters. The molecule has 0 fully saturated rings.